The molecule has 1 aromatic heterocycles. The van der Waals surface area contributed by atoms with E-state index in [-0.39, 0.29) is 0 Å². The van der Waals surface area contributed by atoms with Crippen LogP contribution < -0.4 is 15.4 Å². The third-order valence-electron chi connectivity index (χ3n) is 5.17. The minimum absolute atomic E-state index is 0.494. The highest BCUT2D eigenvalue weighted by molar-refractivity contribution is 6.36. The summed E-state index contributed by atoms with van der Waals surface area (Å²) in [6, 6.07) is 13.3. The summed E-state index contributed by atoms with van der Waals surface area (Å²) in [5.41, 5.74) is 2.52. The van der Waals surface area contributed by atoms with Crippen molar-refractivity contribution in [3.8, 4) is 5.75 Å². The number of nitrogens with zero attached hydrogens (tertiary/aromatic N) is 3. The van der Waals surface area contributed by atoms with Gasteiger partial charge in [-0.2, -0.15) is 0 Å². The molecule has 1 fully saturated rings. The maximum Gasteiger partial charge on any atom is 0.227 e. The van der Waals surface area contributed by atoms with Gasteiger partial charge in [0, 0.05) is 34.4 Å². The number of anilines is 3. The molecule has 1 aliphatic rings. The fourth-order valence-corrected chi connectivity index (χ4v) is 3.97. The molecule has 0 saturated carbocycles. The van der Waals surface area contributed by atoms with E-state index in [4.69, 9.17) is 27.9 Å². The Morgan fingerprint density at radius 1 is 0.903 bits per heavy atom. The quantitative estimate of drug-likeness (QED) is 0.435. The van der Waals surface area contributed by atoms with Gasteiger partial charge in [0.05, 0.1) is 18.1 Å². The van der Waals surface area contributed by atoms with E-state index in [0.717, 1.165) is 29.2 Å². The predicted molar refractivity (Wildman–Crippen MR) is 127 cm³/mol. The molecular formula is C23H25Cl2N5O. The van der Waals surface area contributed by atoms with E-state index in [2.05, 4.69) is 25.5 Å². The maximum absolute atomic E-state index is 6.20. The standard InChI is InChI=1S/C23H25Cl2N5O/c24-21-4-3-5-22(25)20(21)16-26-18-14-27-23(28-15-18)29-17-6-8-19(9-7-17)31-13-12-30-10-1-2-11-30/h3-9,14-15,26H,1-2,10-13,16H2,(H,27,28,29). The molecule has 1 saturated heterocycles. The first-order chi connectivity index (χ1) is 15.2. The van der Waals surface area contributed by atoms with E-state index in [0.29, 0.717) is 29.1 Å². The monoisotopic (exact) mass is 457 g/mol. The molecule has 6 nitrogen and oxygen atoms in total. The van der Waals surface area contributed by atoms with Crippen LogP contribution >= 0.6 is 23.2 Å². The molecule has 0 bridgehead atoms. The van der Waals surface area contributed by atoms with E-state index < -0.39 is 0 Å². The summed E-state index contributed by atoms with van der Waals surface area (Å²) >= 11 is 12.4. The lowest BCUT2D eigenvalue weighted by atomic mass is 10.2. The van der Waals surface area contributed by atoms with Crippen molar-refractivity contribution >= 4 is 40.5 Å². The molecule has 0 aliphatic carbocycles. The number of benzene rings is 2. The second kappa shape index (κ2) is 10.7. The smallest absolute Gasteiger partial charge is 0.227 e. The zero-order valence-electron chi connectivity index (χ0n) is 17.2. The lowest BCUT2D eigenvalue weighted by Gasteiger charge is -2.15. The largest absolute Gasteiger partial charge is 0.492 e. The highest BCUT2D eigenvalue weighted by Gasteiger charge is 2.10. The van der Waals surface area contributed by atoms with E-state index in [1.807, 2.05) is 42.5 Å². The predicted octanol–water partition coefficient (Wildman–Crippen LogP) is 5.61. The average molecular weight is 458 g/mol. The average Bonchev–Trinajstić information content (AvgIpc) is 3.29. The Balaban J connectivity index is 1.25. The first-order valence-electron chi connectivity index (χ1n) is 10.4. The third-order valence-corrected chi connectivity index (χ3v) is 5.88. The molecule has 2 N–H and O–H groups in total. The van der Waals surface area contributed by atoms with E-state index in [1.165, 1.54) is 25.9 Å². The number of hydrogen-bond donors (Lipinski definition) is 2. The van der Waals surface area contributed by atoms with Crippen molar-refractivity contribution in [2.75, 3.05) is 36.9 Å². The molecule has 8 heteroatoms. The van der Waals surface area contributed by atoms with Gasteiger partial charge in [-0.05, 0) is 62.3 Å². The second-order valence-electron chi connectivity index (χ2n) is 7.40. The fraction of sp³-hybridized carbons (Fsp3) is 0.304. The van der Waals surface area contributed by atoms with Gasteiger partial charge in [-0.3, -0.25) is 4.90 Å². The second-order valence-corrected chi connectivity index (χ2v) is 8.21. The van der Waals surface area contributed by atoms with Crippen LogP contribution in [0.4, 0.5) is 17.3 Å². The van der Waals surface area contributed by atoms with E-state index in [1.54, 1.807) is 12.4 Å². The van der Waals surface area contributed by atoms with Crippen LogP contribution in [-0.4, -0.2) is 41.1 Å². The number of hydrogen-bond acceptors (Lipinski definition) is 6. The van der Waals surface area contributed by atoms with Gasteiger partial charge in [0.15, 0.2) is 0 Å². The molecule has 3 aromatic rings. The first-order valence-corrected chi connectivity index (χ1v) is 11.1. The molecule has 0 amide bonds. The molecule has 0 unspecified atom stereocenters. The Morgan fingerprint density at radius 2 is 1.58 bits per heavy atom. The Labute approximate surface area is 192 Å². The summed E-state index contributed by atoms with van der Waals surface area (Å²) in [5.74, 6) is 1.38. The number of ether oxygens (including phenoxy) is 1. The molecule has 1 aliphatic heterocycles. The first kappa shape index (κ1) is 21.7. The van der Waals surface area contributed by atoms with Crippen molar-refractivity contribution in [2.24, 2.45) is 0 Å². The van der Waals surface area contributed by atoms with Crippen LogP contribution in [0, 0.1) is 0 Å². The number of likely N-dealkylation sites (tertiary alicyclic amines) is 1. The third kappa shape index (κ3) is 6.23. The molecule has 4 rings (SSSR count). The number of halogens is 2. The minimum atomic E-state index is 0.494. The van der Waals surface area contributed by atoms with Crippen molar-refractivity contribution in [2.45, 2.75) is 19.4 Å². The molecule has 0 atom stereocenters. The molecular weight excluding hydrogens is 433 g/mol. The van der Waals surface area contributed by atoms with Gasteiger partial charge in [-0.1, -0.05) is 29.3 Å². The Morgan fingerprint density at radius 3 is 2.26 bits per heavy atom. The molecule has 2 heterocycles. The Hall–Kier alpha value is -2.54. The lowest BCUT2D eigenvalue weighted by Crippen LogP contribution is -2.25. The van der Waals surface area contributed by atoms with Crippen molar-refractivity contribution in [3.05, 3.63) is 70.5 Å². The Kier molecular flexibility index (Phi) is 7.46. The van der Waals surface area contributed by atoms with Crippen LogP contribution in [0.25, 0.3) is 0 Å². The van der Waals surface area contributed by atoms with Gasteiger partial charge in [-0.25, -0.2) is 9.97 Å². The summed E-state index contributed by atoms with van der Waals surface area (Å²) in [5, 5.41) is 7.69. The fourth-order valence-electron chi connectivity index (χ4n) is 3.44. The summed E-state index contributed by atoms with van der Waals surface area (Å²) in [4.78, 5) is 11.2. The number of aromatic nitrogens is 2. The van der Waals surface area contributed by atoms with Crippen molar-refractivity contribution < 1.29 is 4.74 Å². The van der Waals surface area contributed by atoms with Gasteiger partial charge in [0.1, 0.15) is 12.4 Å². The van der Waals surface area contributed by atoms with Crippen molar-refractivity contribution in [3.63, 3.8) is 0 Å². The minimum Gasteiger partial charge on any atom is -0.492 e. The van der Waals surface area contributed by atoms with E-state index in [9.17, 15) is 0 Å². The zero-order valence-corrected chi connectivity index (χ0v) is 18.7. The lowest BCUT2D eigenvalue weighted by molar-refractivity contribution is 0.238. The van der Waals surface area contributed by atoms with Crippen LogP contribution in [0.1, 0.15) is 18.4 Å². The van der Waals surface area contributed by atoms with Crippen LogP contribution in [0.5, 0.6) is 5.75 Å². The van der Waals surface area contributed by atoms with Crippen molar-refractivity contribution in [1.82, 2.24) is 14.9 Å². The number of nitrogens with one attached hydrogen (secondary N) is 2. The highest BCUT2D eigenvalue weighted by Crippen LogP contribution is 2.25. The molecule has 0 spiro atoms. The van der Waals surface area contributed by atoms with Crippen LogP contribution in [0.2, 0.25) is 10.0 Å². The zero-order chi connectivity index (χ0) is 21.5. The van der Waals surface area contributed by atoms with Crippen LogP contribution in [-0.2, 0) is 6.54 Å². The SMILES string of the molecule is Clc1cccc(Cl)c1CNc1cnc(Nc2ccc(OCCN3CCCC3)cc2)nc1. The molecule has 2 aromatic carbocycles. The van der Waals surface area contributed by atoms with Gasteiger partial charge in [0.25, 0.3) is 0 Å². The summed E-state index contributed by atoms with van der Waals surface area (Å²) < 4.78 is 5.84. The maximum atomic E-state index is 6.20. The topological polar surface area (TPSA) is 62.3 Å². The van der Waals surface area contributed by atoms with Crippen molar-refractivity contribution in [1.29, 1.82) is 0 Å². The van der Waals surface area contributed by atoms with Crippen LogP contribution in [0.15, 0.2) is 54.9 Å². The van der Waals surface area contributed by atoms with Gasteiger partial charge < -0.3 is 15.4 Å². The molecule has 0 radical (unpaired) electrons. The normalized spacial score (nSPS) is 13.9. The van der Waals surface area contributed by atoms with Gasteiger partial charge in [-0.15, -0.1) is 0 Å². The van der Waals surface area contributed by atoms with Crippen LogP contribution in [0.3, 0.4) is 0 Å². The molecule has 31 heavy (non-hydrogen) atoms. The number of rotatable bonds is 9. The summed E-state index contributed by atoms with van der Waals surface area (Å²) in [6.07, 6.45) is 6.04. The summed E-state index contributed by atoms with van der Waals surface area (Å²) in [7, 11) is 0. The molecule has 162 valence electrons. The van der Waals surface area contributed by atoms with Gasteiger partial charge >= 0.3 is 0 Å². The van der Waals surface area contributed by atoms with E-state index >= 15 is 0 Å². The Bertz CT molecular complexity index is 956. The summed E-state index contributed by atoms with van der Waals surface area (Å²) in [6.45, 7) is 4.57. The highest BCUT2D eigenvalue weighted by atomic mass is 35.5. The van der Waals surface area contributed by atoms with Gasteiger partial charge in [0.2, 0.25) is 5.95 Å².